The molecular weight excluding hydrogens is 260 g/mol. The van der Waals surface area contributed by atoms with Crippen LogP contribution in [-0.2, 0) is 0 Å². The fraction of sp³-hybridized carbons (Fsp3) is 0.278. The summed E-state index contributed by atoms with van der Waals surface area (Å²) in [6, 6.07) is 15.9. The lowest BCUT2D eigenvalue weighted by atomic mass is 9.95. The van der Waals surface area contributed by atoms with Gasteiger partial charge in [-0.05, 0) is 37.0 Å². The third kappa shape index (κ3) is 2.77. The first-order valence-electron chi connectivity index (χ1n) is 7.50. The van der Waals surface area contributed by atoms with Crippen molar-refractivity contribution in [2.24, 2.45) is 5.73 Å². The predicted octanol–water partition coefficient (Wildman–Crippen LogP) is 3.44. The summed E-state index contributed by atoms with van der Waals surface area (Å²) >= 11 is 0. The van der Waals surface area contributed by atoms with Crippen molar-refractivity contribution < 1.29 is 4.79 Å². The molecule has 1 aliphatic rings. The van der Waals surface area contributed by atoms with Crippen molar-refractivity contribution in [3.8, 4) is 11.1 Å². The van der Waals surface area contributed by atoms with E-state index >= 15 is 0 Å². The zero-order chi connectivity index (χ0) is 14.7. The Kier molecular flexibility index (Phi) is 3.91. The van der Waals surface area contributed by atoms with E-state index in [0.717, 1.165) is 29.9 Å². The molecule has 1 aliphatic heterocycles. The lowest BCUT2D eigenvalue weighted by molar-refractivity contribution is 0.100. The van der Waals surface area contributed by atoms with Gasteiger partial charge < -0.3 is 10.6 Å². The first-order chi connectivity index (χ1) is 10.3. The van der Waals surface area contributed by atoms with E-state index in [1.54, 1.807) is 0 Å². The van der Waals surface area contributed by atoms with Crippen molar-refractivity contribution in [1.82, 2.24) is 0 Å². The van der Waals surface area contributed by atoms with Crippen LogP contribution in [0.25, 0.3) is 11.1 Å². The minimum absolute atomic E-state index is 0.368. The molecule has 0 unspecified atom stereocenters. The van der Waals surface area contributed by atoms with E-state index in [-0.39, 0.29) is 5.91 Å². The SMILES string of the molecule is NC(=O)c1cccc(N2CCCCC2)c1-c1ccccc1. The van der Waals surface area contributed by atoms with Crippen molar-refractivity contribution in [3.63, 3.8) is 0 Å². The number of carbonyl (C=O) groups excluding carboxylic acids is 1. The van der Waals surface area contributed by atoms with E-state index in [0.29, 0.717) is 5.56 Å². The highest BCUT2D eigenvalue weighted by molar-refractivity contribution is 6.03. The molecule has 3 nitrogen and oxygen atoms in total. The number of carbonyl (C=O) groups is 1. The third-order valence-corrected chi connectivity index (χ3v) is 4.07. The van der Waals surface area contributed by atoms with Crippen molar-refractivity contribution >= 4 is 11.6 Å². The van der Waals surface area contributed by atoms with Crippen molar-refractivity contribution in [2.45, 2.75) is 19.3 Å². The van der Waals surface area contributed by atoms with Crippen LogP contribution >= 0.6 is 0 Å². The van der Waals surface area contributed by atoms with Crippen LogP contribution in [0.5, 0.6) is 0 Å². The molecule has 2 N–H and O–H groups in total. The maximum Gasteiger partial charge on any atom is 0.249 e. The molecule has 0 aliphatic carbocycles. The number of nitrogens with two attached hydrogens (primary N) is 1. The van der Waals surface area contributed by atoms with E-state index in [2.05, 4.69) is 11.0 Å². The average Bonchev–Trinajstić information content (AvgIpc) is 2.55. The molecule has 0 bridgehead atoms. The van der Waals surface area contributed by atoms with E-state index in [4.69, 9.17) is 5.73 Å². The molecule has 1 fully saturated rings. The number of primary amides is 1. The highest BCUT2D eigenvalue weighted by Crippen LogP contribution is 2.35. The monoisotopic (exact) mass is 280 g/mol. The summed E-state index contributed by atoms with van der Waals surface area (Å²) in [6.07, 6.45) is 3.69. The number of anilines is 1. The normalized spacial score (nSPS) is 15.0. The Morgan fingerprint density at radius 1 is 0.905 bits per heavy atom. The number of amides is 1. The summed E-state index contributed by atoms with van der Waals surface area (Å²) < 4.78 is 0. The molecule has 2 aromatic rings. The summed E-state index contributed by atoms with van der Waals surface area (Å²) in [5.41, 5.74) is 9.33. The smallest absolute Gasteiger partial charge is 0.249 e. The number of rotatable bonds is 3. The number of nitrogens with zero attached hydrogens (tertiary/aromatic N) is 1. The van der Waals surface area contributed by atoms with Crippen LogP contribution in [0.15, 0.2) is 48.5 Å². The molecule has 0 saturated carbocycles. The summed E-state index contributed by atoms with van der Waals surface area (Å²) in [5, 5.41) is 0. The van der Waals surface area contributed by atoms with E-state index in [1.807, 2.05) is 42.5 Å². The van der Waals surface area contributed by atoms with Crippen LogP contribution in [0.2, 0.25) is 0 Å². The highest BCUT2D eigenvalue weighted by atomic mass is 16.1. The largest absolute Gasteiger partial charge is 0.371 e. The van der Waals surface area contributed by atoms with Gasteiger partial charge in [-0.25, -0.2) is 0 Å². The van der Waals surface area contributed by atoms with Crippen molar-refractivity contribution in [2.75, 3.05) is 18.0 Å². The lowest BCUT2D eigenvalue weighted by Crippen LogP contribution is -2.30. The van der Waals surface area contributed by atoms with Gasteiger partial charge in [0.25, 0.3) is 0 Å². The molecule has 3 rings (SSSR count). The van der Waals surface area contributed by atoms with Gasteiger partial charge in [0.1, 0.15) is 0 Å². The third-order valence-electron chi connectivity index (χ3n) is 4.07. The van der Waals surface area contributed by atoms with Gasteiger partial charge in [0.2, 0.25) is 5.91 Å². The fourth-order valence-corrected chi connectivity index (χ4v) is 3.05. The second kappa shape index (κ2) is 6.00. The molecule has 0 aromatic heterocycles. The molecule has 1 saturated heterocycles. The first kappa shape index (κ1) is 13.7. The van der Waals surface area contributed by atoms with Gasteiger partial charge in [-0.1, -0.05) is 36.4 Å². The zero-order valence-electron chi connectivity index (χ0n) is 12.1. The number of hydrogen-bond donors (Lipinski definition) is 1. The minimum atomic E-state index is -0.368. The van der Waals surface area contributed by atoms with E-state index in [1.165, 1.54) is 19.3 Å². The van der Waals surface area contributed by atoms with Crippen LogP contribution < -0.4 is 10.6 Å². The summed E-state index contributed by atoms with van der Waals surface area (Å²) in [5.74, 6) is -0.368. The summed E-state index contributed by atoms with van der Waals surface area (Å²) in [7, 11) is 0. The second-order valence-electron chi connectivity index (χ2n) is 5.48. The van der Waals surface area contributed by atoms with Gasteiger partial charge in [0, 0.05) is 29.9 Å². The molecule has 0 atom stereocenters. The van der Waals surface area contributed by atoms with Crippen LogP contribution in [0.3, 0.4) is 0 Å². The first-order valence-corrected chi connectivity index (χ1v) is 7.50. The van der Waals surface area contributed by atoms with E-state index in [9.17, 15) is 4.79 Å². The van der Waals surface area contributed by atoms with Crippen LogP contribution in [0.1, 0.15) is 29.6 Å². The molecule has 2 aromatic carbocycles. The minimum Gasteiger partial charge on any atom is -0.371 e. The van der Waals surface area contributed by atoms with Gasteiger partial charge in [-0.15, -0.1) is 0 Å². The van der Waals surface area contributed by atoms with Gasteiger partial charge in [0.15, 0.2) is 0 Å². The van der Waals surface area contributed by atoms with Crippen LogP contribution in [-0.4, -0.2) is 19.0 Å². The Morgan fingerprint density at radius 3 is 2.29 bits per heavy atom. The van der Waals surface area contributed by atoms with Crippen LogP contribution in [0.4, 0.5) is 5.69 Å². The zero-order valence-corrected chi connectivity index (χ0v) is 12.1. The summed E-state index contributed by atoms with van der Waals surface area (Å²) in [4.78, 5) is 14.2. The maximum atomic E-state index is 11.8. The maximum absolute atomic E-state index is 11.8. The molecule has 108 valence electrons. The highest BCUT2D eigenvalue weighted by Gasteiger charge is 2.19. The molecule has 1 heterocycles. The molecule has 1 amide bonds. The van der Waals surface area contributed by atoms with Crippen molar-refractivity contribution in [3.05, 3.63) is 54.1 Å². The average molecular weight is 280 g/mol. The number of piperidine rings is 1. The Bertz CT molecular complexity index is 631. The Labute approximate surface area is 125 Å². The Balaban J connectivity index is 2.15. The fourth-order valence-electron chi connectivity index (χ4n) is 3.05. The van der Waals surface area contributed by atoms with Gasteiger partial charge in [0.05, 0.1) is 0 Å². The van der Waals surface area contributed by atoms with Crippen molar-refractivity contribution in [1.29, 1.82) is 0 Å². The van der Waals surface area contributed by atoms with Gasteiger partial charge >= 0.3 is 0 Å². The number of hydrogen-bond acceptors (Lipinski definition) is 2. The van der Waals surface area contributed by atoms with Gasteiger partial charge in [-0.2, -0.15) is 0 Å². The summed E-state index contributed by atoms with van der Waals surface area (Å²) in [6.45, 7) is 2.09. The second-order valence-corrected chi connectivity index (χ2v) is 5.48. The topological polar surface area (TPSA) is 46.3 Å². The molecule has 0 radical (unpaired) electrons. The molecule has 21 heavy (non-hydrogen) atoms. The molecular formula is C18H20N2O. The predicted molar refractivity (Wildman–Crippen MR) is 86.5 cm³/mol. The lowest BCUT2D eigenvalue weighted by Gasteiger charge is -2.31. The van der Waals surface area contributed by atoms with Gasteiger partial charge in [-0.3, -0.25) is 4.79 Å². The number of benzene rings is 2. The quantitative estimate of drug-likeness (QED) is 0.936. The van der Waals surface area contributed by atoms with E-state index < -0.39 is 0 Å². The molecule has 3 heteroatoms. The molecule has 0 spiro atoms. The Morgan fingerprint density at radius 2 is 1.62 bits per heavy atom. The van der Waals surface area contributed by atoms with Crippen LogP contribution in [0, 0.1) is 0 Å². The Hall–Kier alpha value is -2.29. The standard InChI is InChI=1S/C18H20N2O/c19-18(21)15-10-7-11-16(20-12-5-2-6-13-20)17(15)14-8-3-1-4-9-14/h1,3-4,7-11H,2,5-6,12-13H2,(H2,19,21).